The third kappa shape index (κ3) is 7.37. The fourth-order valence-electron chi connectivity index (χ4n) is 13.3. The van der Waals surface area contributed by atoms with Gasteiger partial charge in [-0.05, 0) is 150 Å². The number of carboxylic acids is 1. The Bertz CT molecular complexity index is 1600. The Balaban J connectivity index is 1.23. The lowest BCUT2D eigenvalue weighted by atomic mass is 9.36. The Kier molecular flexibility index (Phi) is 11.5. The first kappa shape index (κ1) is 41.1. The molecule has 6 rings (SSSR count). The number of allylic oxidation sites excluding steroid dienone is 2. The van der Waals surface area contributed by atoms with Crippen LogP contribution in [0.25, 0.3) is 0 Å². The highest BCUT2D eigenvalue weighted by molar-refractivity contribution is 6.00. The van der Waals surface area contributed by atoms with Crippen LogP contribution in [-0.4, -0.2) is 77.4 Å². The molecule has 0 aliphatic heterocycles. The number of rotatable bonds is 13. The number of hydrogen-bond acceptors (Lipinski definition) is 7. The van der Waals surface area contributed by atoms with Crippen LogP contribution < -0.4 is 0 Å². The summed E-state index contributed by atoms with van der Waals surface area (Å²) in [5.74, 6) is 1.34. The molecule has 1 aromatic rings. The number of pyridine rings is 1. The highest BCUT2D eigenvalue weighted by Gasteiger charge is 2.66. The number of carbonyl (C=O) groups excluding carboxylic acids is 2. The minimum absolute atomic E-state index is 0.0399. The molecule has 5 aliphatic carbocycles. The number of esters is 1. The van der Waals surface area contributed by atoms with E-state index in [9.17, 15) is 19.5 Å². The van der Waals surface area contributed by atoms with Crippen molar-refractivity contribution in [3.63, 3.8) is 0 Å². The Morgan fingerprint density at radius 3 is 2.31 bits per heavy atom. The molecule has 0 saturated heterocycles. The van der Waals surface area contributed by atoms with Crippen molar-refractivity contribution in [1.29, 1.82) is 0 Å². The van der Waals surface area contributed by atoms with Gasteiger partial charge in [0.15, 0.2) is 5.78 Å². The first-order valence-electron chi connectivity index (χ1n) is 21.2. The summed E-state index contributed by atoms with van der Waals surface area (Å²) in [5, 5.41) is 9.62. The average Bonchev–Trinajstić information content (AvgIpc) is 3.39. The standard InChI is InChI=1S/C46H71N3O5/c1-30(2)39-34(50)27-46(22-24-49(26-25-48(9)10)29-31-13-11-12-23-47-31)21-16-33-32(40(39)46)14-15-36-44(33,7)19-17-35-43(5,6)37(18-20-45(35,36)8)54-38(51)28-42(3,4)41(52)53/h11-13,23,30,32-33,35-37H,14-22,24-29H2,1-10H3,(H,52,53). The summed E-state index contributed by atoms with van der Waals surface area (Å²) >= 11 is 0. The van der Waals surface area contributed by atoms with Gasteiger partial charge in [-0.25, -0.2) is 0 Å². The zero-order chi connectivity index (χ0) is 39.4. The van der Waals surface area contributed by atoms with Crippen LogP contribution in [0.2, 0.25) is 0 Å². The number of aliphatic carboxylic acids is 1. The van der Waals surface area contributed by atoms with Crippen LogP contribution in [0.1, 0.15) is 132 Å². The van der Waals surface area contributed by atoms with Gasteiger partial charge in [-0.1, -0.05) is 53.2 Å². The second-order valence-electron chi connectivity index (χ2n) is 20.7. The molecule has 4 saturated carbocycles. The number of likely N-dealkylation sites (N-methyl/N-ethyl adjacent to an activating group) is 1. The molecule has 0 bridgehead atoms. The van der Waals surface area contributed by atoms with E-state index in [1.54, 1.807) is 19.4 Å². The van der Waals surface area contributed by atoms with Gasteiger partial charge >= 0.3 is 11.9 Å². The number of nitrogens with zero attached hydrogens (tertiary/aromatic N) is 3. The van der Waals surface area contributed by atoms with Crippen molar-refractivity contribution < 1.29 is 24.2 Å². The molecule has 1 N–H and O–H groups in total. The van der Waals surface area contributed by atoms with Gasteiger partial charge in [-0.2, -0.15) is 0 Å². The number of ether oxygens (including phenoxy) is 1. The van der Waals surface area contributed by atoms with Crippen LogP contribution in [0.4, 0.5) is 0 Å². The molecule has 8 atom stereocenters. The van der Waals surface area contributed by atoms with Gasteiger partial charge in [0.05, 0.1) is 17.5 Å². The van der Waals surface area contributed by atoms with Gasteiger partial charge in [-0.3, -0.25) is 24.3 Å². The van der Waals surface area contributed by atoms with E-state index < -0.39 is 17.4 Å². The summed E-state index contributed by atoms with van der Waals surface area (Å²) in [4.78, 5) is 48.5. The zero-order valence-corrected chi connectivity index (χ0v) is 35.3. The molecule has 1 aromatic heterocycles. The number of ketones is 1. The zero-order valence-electron chi connectivity index (χ0n) is 35.3. The van der Waals surface area contributed by atoms with Crippen LogP contribution in [0.15, 0.2) is 35.5 Å². The largest absolute Gasteiger partial charge is 0.481 e. The lowest BCUT2D eigenvalue weighted by Gasteiger charge is -2.69. The molecular weight excluding hydrogens is 675 g/mol. The summed E-state index contributed by atoms with van der Waals surface area (Å²) in [6, 6.07) is 6.19. The van der Waals surface area contributed by atoms with Crippen molar-refractivity contribution in [2.45, 2.75) is 139 Å². The maximum Gasteiger partial charge on any atom is 0.309 e. The molecule has 0 radical (unpaired) electrons. The second kappa shape index (κ2) is 15.1. The molecule has 8 heteroatoms. The molecule has 54 heavy (non-hydrogen) atoms. The van der Waals surface area contributed by atoms with Gasteiger partial charge in [0.25, 0.3) is 0 Å². The highest BCUT2D eigenvalue weighted by Crippen LogP contribution is 2.73. The smallest absolute Gasteiger partial charge is 0.309 e. The van der Waals surface area contributed by atoms with Crippen molar-refractivity contribution in [2.75, 3.05) is 33.7 Å². The summed E-state index contributed by atoms with van der Waals surface area (Å²) < 4.78 is 6.19. The van der Waals surface area contributed by atoms with Gasteiger partial charge in [-0.15, -0.1) is 0 Å². The van der Waals surface area contributed by atoms with Gasteiger partial charge < -0.3 is 14.7 Å². The Hall–Kier alpha value is -2.58. The number of aromatic nitrogens is 1. The highest BCUT2D eigenvalue weighted by atomic mass is 16.5. The Labute approximate surface area is 326 Å². The fraction of sp³-hybridized carbons (Fsp3) is 0.783. The SMILES string of the molecule is CC(C)C1=C2C3CCC4C(C)(CCC5C(C)(C)C(OC(=O)CC(C)(C)C(=O)O)CCC54C)C3CCC2(CCN(CCN(C)C)Cc2ccccn2)CC1=O. The summed E-state index contributed by atoms with van der Waals surface area (Å²) in [6.07, 6.45) is 12.1. The lowest BCUT2D eigenvalue weighted by Crippen LogP contribution is -2.63. The van der Waals surface area contributed by atoms with E-state index in [0.29, 0.717) is 35.9 Å². The maximum absolute atomic E-state index is 14.1. The van der Waals surface area contributed by atoms with E-state index in [1.165, 1.54) is 24.8 Å². The number of fused-ring (bicyclic) bond motifs is 7. The minimum Gasteiger partial charge on any atom is -0.481 e. The molecule has 8 nitrogen and oxygen atoms in total. The normalized spacial score (nSPS) is 34.8. The average molecular weight is 746 g/mol. The fourth-order valence-corrected chi connectivity index (χ4v) is 13.3. The predicted octanol–water partition coefficient (Wildman–Crippen LogP) is 8.84. The van der Waals surface area contributed by atoms with Crippen LogP contribution in [0.3, 0.4) is 0 Å². The Morgan fingerprint density at radius 1 is 0.944 bits per heavy atom. The van der Waals surface area contributed by atoms with Crippen molar-refractivity contribution in [3.05, 3.63) is 41.2 Å². The van der Waals surface area contributed by atoms with Crippen LogP contribution in [0, 0.1) is 56.7 Å². The van der Waals surface area contributed by atoms with Gasteiger partial charge in [0, 0.05) is 43.1 Å². The number of hydrogen-bond donors (Lipinski definition) is 1. The molecule has 0 spiro atoms. The Morgan fingerprint density at radius 2 is 1.67 bits per heavy atom. The quantitative estimate of drug-likeness (QED) is 0.200. The van der Waals surface area contributed by atoms with E-state index in [4.69, 9.17) is 4.74 Å². The number of Topliss-reactive ketones (excluding diaryl/α,β-unsaturated/α-hetero) is 1. The van der Waals surface area contributed by atoms with E-state index >= 15 is 0 Å². The lowest BCUT2D eigenvalue weighted by molar-refractivity contribution is -0.214. The van der Waals surface area contributed by atoms with Crippen molar-refractivity contribution >= 4 is 17.7 Å². The third-order valence-electron chi connectivity index (χ3n) is 16.0. The van der Waals surface area contributed by atoms with Crippen molar-refractivity contribution in [3.8, 4) is 0 Å². The topological polar surface area (TPSA) is 100 Å². The summed E-state index contributed by atoms with van der Waals surface area (Å²) in [7, 11) is 4.28. The van der Waals surface area contributed by atoms with E-state index in [0.717, 1.165) is 70.4 Å². The van der Waals surface area contributed by atoms with Crippen molar-refractivity contribution in [2.24, 2.45) is 56.7 Å². The van der Waals surface area contributed by atoms with Gasteiger partial charge in [0.2, 0.25) is 0 Å². The summed E-state index contributed by atoms with van der Waals surface area (Å²) in [5.41, 5.74) is 2.79. The second-order valence-corrected chi connectivity index (χ2v) is 20.7. The molecule has 300 valence electrons. The molecule has 8 unspecified atom stereocenters. The minimum atomic E-state index is -1.15. The number of carbonyl (C=O) groups is 3. The van der Waals surface area contributed by atoms with Crippen LogP contribution in [-0.2, 0) is 25.7 Å². The first-order chi connectivity index (χ1) is 25.2. The van der Waals surface area contributed by atoms with E-state index in [-0.39, 0.29) is 40.1 Å². The van der Waals surface area contributed by atoms with E-state index in [1.807, 2.05) is 12.3 Å². The maximum atomic E-state index is 14.1. The monoisotopic (exact) mass is 746 g/mol. The van der Waals surface area contributed by atoms with Crippen LogP contribution >= 0.6 is 0 Å². The predicted molar refractivity (Wildman–Crippen MR) is 213 cm³/mol. The number of carboxylic acid groups (broad SMARTS) is 1. The summed E-state index contributed by atoms with van der Waals surface area (Å²) in [6.45, 7) is 21.3. The molecule has 4 fully saturated rings. The molecule has 5 aliphatic rings. The van der Waals surface area contributed by atoms with Crippen LogP contribution in [0.5, 0.6) is 0 Å². The van der Waals surface area contributed by atoms with Gasteiger partial charge in [0.1, 0.15) is 6.10 Å². The third-order valence-corrected chi connectivity index (χ3v) is 16.0. The molecule has 0 aromatic carbocycles. The van der Waals surface area contributed by atoms with Crippen molar-refractivity contribution in [1.82, 2.24) is 14.8 Å². The molecular formula is C46H71N3O5. The molecule has 0 amide bonds. The molecule has 1 heterocycles. The van der Waals surface area contributed by atoms with E-state index in [2.05, 4.69) is 82.6 Å². The first-order valence-corrected chi connectivity index (χ1v) is 21.2.